The third kappa shape index (κ3) is 5.06. The molecule has 1 atom stereocenters. The van der Waals surface area contributed by atoms with Crippen LogP contribution in [0.4, 0.5) is 20.5 Å². The zero-order valence-corrected chi connectivity index (χ0v) is 23.7. The van der Waals surface area contributed by atoms with Crippen LogP contribution in [0.25, 0.3) is 33.4 Å². The Labute approximate surface area is 240 Å². The molecule has 2 N–H and O–H groups in total. The summed E-state index contributed by atoms with van der Waals surface area (Å²) in [4.78, 5) is 19.4. The highest BCUT2D eigenvalue weighted by molar-refractivity contribution is 7.92. The zero-order chi connectivity index (χ0) is 29.6. The summed E-state index contributed by atoms with van der Waals surface area (Å²) in [5.41, 5.74) is 2.54. The number of furan rings is 1. The second-order valence-electron chi connectivity index (χ2n) is 10.2. The van der Waals surface area contributed by atoms with Gasteiger partial charge in [0.2, 0.25) is 10.0 Å². The van der Waals surface area contributed by atoms with Crippen molar-refractivity contribution in [3.8, 4) is 11.3 Å². The number of amides is 1. The van der Waals surface area contributed by atoms with E-state index in [4.69, 9.17) is 8.83 Å². The topological polar surface area (TPSA) is 118 Å². The predicted octanol–water partition coefficient (Wildman–Crippen LogP) is 6.02. The Kier molecular flexibility index (Phi) is 7.09. The van der Waals surface area contributed by atoms with Gasteiger partial charge in [0.1, 0.15) is 22.7 Å². The van der Waals surface area contributed by atoms with E-state index in [-0.39, 0.29) is 34.5 Å². The normalized spacial score (nSPS) is 15.8. The minimum atomic E-state index is -3.67. The van der Waals surface area contributed by atoms with Crippen molar-refractivity contribution in [2.24, 2.45) is 0 Å². The number of para-hydroxylation sites is 1. The first-order valence-corrected chi connectivity index (χ1v) is 15.2. The molecule has 42 heavy (non-hydrogen) atoms. The number of oxazole rings is 1. The third-order valence-electron chi connectivity index (χ3n) is 7.56. The maximum Gasteiger partial charge on any atom is 0.298 e. The van der Waals surface area contributed by atoms with Crippen LogP contribution in [0.1, 0.15) is 41.6 Å². The lowest BCUT2D eigenvalue weighted by Gasteiger charge is -2.33. The maximum absolute atomic E-state index is 14.3. The summed E-state index contributed by atoms with van der Waals surface area (Å²) in [6.45, 7) is 2.57. The number of halogens is 2. The van der Waals surface area contributed by atoms with Gasteiger partial charge in [0.25, 0.3) is 11.9 Å². The van der Waals surface area contributed by atoms with Crippen molar-refractivity contribution < 1.29 is 30.8 Å². The number of carbonyl (C=O) groups is 1. The first-order valence-electron chi connectivity index (χ1n) is 13.6. The van der Waals surface area contributed by atoms with Crippen LogP contribution in [0.15, 0.2) is 63.4 Å². The summed E-state index contributed by atoms with van der Waals surface area (Å²) < 4.78 is 68.1. The summed E-state index contributed by atoms with van der Waals surface area (Å²) in [7, 11) is -2.17. The van der Waals surface area contributed by atoms with E-state index in [1.807, 2.05) is 4.90 Å². The molecule has 9 nitrogen and oxygen atoms in total. The van der Waals surface area contributed by atoms with Gasteiger partial charge in [-0.1, -0.05) is 6.07 Å². The van der Waals surface area contributed by atoms with Crippen molar-refractivity contribution >= 4 is 49.7 Å². The molecule has 1 amide bonds. The van der Waals surface area contributed by atoms with Crippen molar-refractivity contribution in [1.82, 2.24) is 10.3 Å². The first kappa shape index (κ1) is 27.7. The monoisotopic (exact) mass is 594 g/mol. The Morgan fingerprint density at radius 2 is 1.88 bits per heavy atom. The molecule has 1 aliphatic rings. The summed E-state index contributed by atoms with van der Waals surface area (Å²) in [6.07, 6.45) is 1.45. The molecule has 1 fully saturated rings. The fourth-order valence-electron chi connectivity index (χ4n) is 5.42. The number of piperidine rings is 1. The Bertz CT molecular complexity index is 1920. The van der Waals surface area contributed by atoms with Crippen LogP contribution in [-0.2, 0) is 10.0 Å². The highest BCUT2D eigenvalue weighted by atomic mass is 32.2. The van der Waals surface area contributed by atoms with E-state index in [1.54, 1.807) is 31.2 Å². The van der Waals surface area contributed by atoms with Gasteiger partial charge >= 0.3 is 0 Å². The van der Waals surface area contributed by atoms with Crippen LogP contribution in [0, 0.1) is 11.6 Å². The molecule has 12 heteroatoms. The van der Waals surface area contributed by atoms with Gasteiger partial charge in [-0.2, -0.15) is 4.98 Å². The number of hydrogen-bond acceptors (Lipinski definition) is 7. The molecule has 218 valence electrons. The third-order valence-corrected chi connectivity index (χ3v) is 8.85. The molecule has 1 saturated heterocycles. The molecule has 1 unspecified atom stereocenters. The Balaban J connectivity index is 1.48. The van der Waals surface area contributed by atoms with E-state index >= 15 is 0 Å². The first-order chi connectivity index (χ1) is 20.2. The van der Waals surface area contributed by atoms with Crippen LogP contribution in [0.3, 0.4) is 0 Å². The van der Waals surface area contributed by atoms with Gasteiger partial charge in [0, 0.05) is 43.1 Å². The van der Waals surface area contributed by atoms with Crippen LogP contribution in [-0.4, -0.2) is 45.2 Å². The summed E-state index contributed by atoms with van der Waals surface area (Å²) in [5.74, 6) is -1.41. The maximum atomic E-state index is 14.3. The van der Waals surface area contributed by atoms with Crippen molar-refractivity contribution in [2.45, 2.75) is 25.7 Å². The number of hydrogen-bond donors (Lipinski definition) is 2. The van der Waals surface area contributed by atoms with Crippen molar-refractivity contribution in [3.63, 3.8) is 0 Å². The van der Waals surface area contributed by atoms with Crippen molar-refractivity contribution in [1.29, 1.82) is 0 Å². The smallest absolute Gasteiger partial charge is 0.298 e. The van der Waals surface area contributed by atoms with Crippen LogP contribution in [0.2, 0.25) is 0 Å². The standard InChI is InChI=1S/C30H28F2N4O5S/c1-3-42(38,39)35-23-15-25-21(26(29(37)33-2)28(40-25)17-9-11-19(31)12-10-17)14-20(23)18-6-5-13-36(16-18)30-34-27-22(32)7-4-8-24(27)41-30/h4,7-12,14-15,18,35H,3,5-6,13,16H2,1-2H3,(H,33,37). The van der Waals surface area contributed by atoms with Gasteiger partial charge in [-0.25, -0.2) is 17.2 Å². The van der Waals surface area contributed by atoms with E-state index in [1.165, 1.54) is 37.4 Å². The summed E-state index contributed by atoms with van der Waals surface area (Å²) in [5, 5.41) is 3.13. The molecule has 0 saturated carbocycles. The number of nitrogens with zero attached hydrogens (tertiary/aromatic N) is 2. The molecule has 0 radical (unpaired) electrons. The van der Waals surface area contributed by atoms with Crippen LogP contribution in [0.5, 0.6) is 0 Å². The van der Waals surface area contributed by atoms with E-state index in [0.29, 0.717) is 46.5 Å². The average Bonchev–Trinajstić information content (AvgIpc) is 3.59. The van der Waals surface area contributed by atoms with Crippen molar-refractivity contribution in [3.05, 3.63) is 77.4 Å². The predicted molar refractivity (Wildman–Crippen MR) is 156 cm³/mol. The Morgan fingerprint density at radius 1 is 1.10 bits per heavy atom. The van der Waals surface area contributed by atoms with Gasteiger partial charge in [0.05, 0.1) is 17.0 Å². The molecule has 5 aromatic rings. The molecule has 0 aliphatic carbocycles. The fraction of sp³-hybridized carbons (Fsp3) is 0.267. The number of fused-ring (bicyclic) bond motifs is 2. The quantitative estimate of drug-likeness (QED) is 0.236. The molecular formula is C30H28F2N4O5S. The molecule has 0 bridgehead atoms. The van der Waals surface area contributed by atoms with E-state index in [2.05, 4.69) is 15.0 Å². The van der Waals surface area contributed by atoms with E-state index in [0.717, 1.165) is 12.8 Å². The number of nitrogens with one attached hydrogen (secondary N) is 2. The molecule has 3 aromatic carbocycles. The van der Waals surface area contributed by atoms with Gasteiger partial charge in [-0.15, -0.1) is 0 Å². The number of sulfonamides is 1. The SMILES string of the molecule is CCS(=O)(=O)Nc1cc2oc(-c3ccc(F)cc3)c(C(=O)NC)c2cc1C1CCCN(c2nc3c(F)cccc3o2)C1. The highest BCUT2D eigenvalue weighted by Crippen LogP contribution is 2.41. The minimum Gasteiger partial charge on any atom is -0.455 e. The van der Waals surface area contributed by atoms with Gasteiger partial charge in [0.15, 0.2) is 11.4 Å². The van der Waals surface area contributed by atoms with Crippen LogP contribution < -0.4 is 14.9 Å². The average molecular weight is 595 g/mol. The lowest BCUT2D eigenvalue weighted by molar-refractivity contribution is 0.0964. The highest BCUT2D eigenvalue weighted by Gasteiger charge is 2.30. The number of carbonyl (C=O) groups excluding carboxylic acids is 1. The number of anilines is 2. The lowest BCUT2D eigenvalue weighted by atomic mass is 9.88. The Hall–Kier alpha value is -4.45. The fourth-order valence-corrected chi connectivity index (χ4v) is 6.08. The summed E-state index contributed by atoms with van der Waals surface area (Å²) >= 11 is 0. The van der Waals surface area contributed by atoms with Crippen molar-refractivity contribution in [2.75, 3.05) is 35.5 Å². The second kappa shape index (κ2) is 10.8. The largest absolute Gasteiger partial charge is 0.455 e. The molecule has 1 aliphatic heterocycles. The van der Waals surface area contributed by atoms with Gasteiger partial charge < -0.3 is 19.1 Å². The number of rotatable bonds is 7. The molecule has 6 rings (SSSR count). The van der Waals surface area contributed by atoms with Crippen LogP contribution >= 0.6 is 0 Å². The van der Waals surface area contributed by atoms with Gasteiger partial charge in [-0.3, -0.25) is 9.52 Å². The van der Waals surface area contributed by atoms with E-state index in [9.17, 15) is 22.0 Å². The second-order valence-corrected chi connectivity index (χ2v) is 12.2. The molecule has 0 spiro atoms. The number of benzene rings is 3. The van der Waals surface area contributed by atoms with Gasteiger partial charge in [-0.05, 0) is 67.8 Å². The lowest BCUT2D eigenvalue weighted by Crippen LogP contribution is -2.35. The summed E-state index contributed by atoms with van der Waals surface area (Å²) in [6, 6.07) is 13.8. The zero-order valence-electron chi connectivity index (χ0n) is 22.9. The molecule has 2 aromatic heterocycles. The molecular weight excluding hydrogens is 566 g/mol. The molecule has 3 heterocycles. The van der Waals surface area contributed by atoms with E-state index < -0.39 is 27.6 Å². The number of aromatic nitrogens is 1. The minimum absolute atomic E-state index is 0.141. The Morgan fingerprint density at radius 3 is 2.60 bits per heavy atom.